The summed E-state index contributed by atoms with van der Waals surface area (Å²) in [7, 11) is 0. The van der Waals surface area contributed by atoms with E-state index in [2.05, 4.69) is 20.9 Å². The fraction of sp³-hybridized carbons (Fsp3) is 0.167. The number of ketones is 1. The predicted octanol–water partition coefficient (Wildman–Crippen LogP) is 3.15. The second-order valence-electron chi connectivity index (χ2n) is 3.64. The number of carbonyl (C=O) groups excluding carboxylic acids is 1. The molecule has 2 rings (SSSR count). The molecule has 0 saturated carbocycles. The number of nitrogens with zero attached hydrogens (tertiary/aromatic N) is 2. The van der Waals surface area contributed by atoms with Gasteiger partial charge in [-0.3, -0.25) is 4.79 Å². The minimum absolute atomic E-state index is 0.0441. The van der Waals surface area contributed by atoms with Crippen LogP contribution in [0.2, 0.25) is 0 Å². The number of rotatable bonds is 2. The maximum atomic E-state index is 11.5. The Morgan fingerprint density at radius 3 is 2.75 bits per heavy atom. The highest BCUT2D eigenvalue weighted by atomic mass is 79.9. The van der Waals surface area contributed by atoms with Crippen molar-refractivity contribution in [2.75, 3.05) is 0 Å². The highest BCUT2D eigenvalue weighted by Gasteiger charge is 2.09. The number of imidazole rings is 1. The summed E-state index contributed by atoms with van der Waals surface area (Å²) in [4.78, 5) is 15.7. The number of hydrogen-bond acceptors (Lipinski definition) is 2. The Hall–Kier alpha value is -1.42. The Labute approximate surface area is 102 Å². The average Bonchev–Trinajstić information content (AvgIpc) is 2.64. The molecule has 0 spiro atoms. The number of hydrogen-bond donors (Lipinski definition) is 0. The van der Waals surface area contributed by atoms with Crippen molar-refractivity contribution in [1.82, 2.24) is 9.55 Å². The van der Waals surface area contributed by atoms with Gasteiger partial charge in [0, 0.05) is 16.2 Å². The van der Waals surface area contributed by atoms with Crippen molar-refractivity contribution >= 4 is 21.7 Å². The van der Waals surface area contributed by atoms with Crippen LogP contribution in [0.25, 0.3) is 5.69 Å². The lowest BCUT2D eigenvalue weighted by atomic mass is 10.1. The van der Waals surface area contributed by atoms with Crippen molar-refractivity contribution in [3.8, 4) is 5.69 Å². The van der Waals surface area contributed by atoms with Crippen LogP contribution in [0.5, 0.6) is 0 Å². The molecule has 16 heavy (non-hydrogen) atoms. The lowest BCUT2D eigenvalue weighted by Crippen LogP contribution is -2.01. The van der Waals surface area contributed by atoms with Gasteiger partial charge in [0.2, 0.25) is 0 Å². The van der Waals surface area contributed by atoms with E-state index in [4.69, 9.17) is 0 Å². The molecule has 4 heteroatoms. The largest absolute Gasteiger partial charge is 0.305 e. The van der Waals surface area contributed by atoms with E-state index in [0.717, 1.165) is 15.9 Å². The molecule has 1 heterocycles. The lowest BCUT2D eigenvalue weighted by molar-refractivity contribution is 0.101. The zero-order valence-electron chi connectivity index (χ0n) is 9.07. The molecule has 1 aromatic carbocycles. The molecule has 1 aromatic heterocycles. The van der Waals surface area contributed by atoms with Gasteiger partial charge in [-0.1, -0.05) is 15.9 Å². The zero-order valence-corrected chi connectivity index (χ0v) is 10.7. The average molecular weight is 279 g/mol. The van der Waals surface area contributed by atoms with E-state index in [1.54, 1.807) is 13.3 Å². The van der Waals surface area contributed by atoms with Gasteiger partial charge in [0.25, 0.3) is 0 Å². The fourth-order valence-electron chi connectivity index (χ4n) is 1.57. The van der Waals surface area contributed by atoms with Crippen LogP contribution in [0.3, 0.4) is 0 Å². The quantitative estimate of drug-likeness (QED) is 0.791. The first kappa shape index (κ1) is 11.1. The molecule has 0 unspecified atom stereocenters. The van der Waals surface area contributed by atoms with Crippen molar-refractivity contribution in [1.29, 1.82) is 0 Å². The van der Waals surface area contributed by atoms with Gasteiger partial charge in [0.05, 0.1) is 17.7 Å². The Morgan fingerprint density at radius 2 is 2.19 bits per heavy atom. The maximum Gasteiger partial charge on any atom is 0.161 e. The van der Waals surface area contributed by atoms with Crippen LogP contribution in [0.4, 0.5) is 0 Å². The van der Waals surface area contributed by atoms with Crippen molar-refractivity contribution < 1.29 is 4.79 Å². The van der Waals surface area contributed by atoms with Crippen LogP contribution in [-0.2, 0) is 0 Å². The first-order valence-electron chi connectivity index (χ1n) is 4.89. The Kier molecular flexibility index (Phi) is 2.92. The summed E-state index contributed by atoms with van der Waals surface area (Å²) in [5, 5.41) is 0. The smallest absolute Gasteiger partial charge is 0.161 e. The van der Waals surface area contributed by atoms with E-state index in [1.165, 1.54) is 0 Å². The third kappa shape index (κ3) is 2.07. The van der Waals surface area contributed by atoms with Crippen molar-refractivity contribution in [3.05, 3.63) is 46.5 Å². The van der Waals surface area contributed by atoms with E-state index in [9.17, 15) is 4.79 Å². The molecule has 3 nitrogen and oxygen atoms in total. The van der Waals surface area contributed by atoms with Crippen LogP contribution in [0.15, 0.2) is 35.2 Å². The second kappa shape index (κ2) is 4.22. The molecule has 0 bridgehead atoms. The molecule has 0 aliphatic heterocycles. The monoisotopic (exact) mass is 278 g/mol. The standard InChI is InChI=1S/C12H11BrN2O/c1-8-6-15(7-14-8)12-4-3-10(13)5-11(12)9(2)16/h3-7H,1-2H3. The Bertz CT molecular complexity index is 546. The van der Waals surface area contributed by atoms with Gasteiger partial charge in [-0.2, -0.15) is 0 Å². The molecule has 0 N–H and O–H groups in total. The predicted molar refractivity (Wildman–Crippen MR) is 66.0 cm³/mol. The molecule has 0 amide bonds. The molecule has 0 fully saturated rings. The number of benzene rings is 1. The van der Waals surface area contributed by atoms with Crippen LogP contribution in [-0.4, -0.2) is 15.3 Å². The molecule has 0 saturated heterocycles. The summed E-state index contributed by atoms with van der Waals surface area (Å²) < 4.78 is 2.76. The van der Waals surface area contributed by atoms with Crippen molar-refractivity contribution in [2.45, 2.75) is 13.8 Å². The van der Waals surface area contributed by atoms with Crippen LogP contribution < -0.4 is 0 Å². The van der Waals surface area contributed by atoms with Gasteiger partial charge in [-0.05, 0) is 32.0 Å². The first-order valence-corrected chi connectivity index (χ1v) is 5.68. The number of Topliss-reactive ketones (excluding diaryl/α,β-unsaturated/α-hetero) is 1. The number of halogens is 1. The molecule has 82 valence electrons. The topological polar surface area (TPSA) is 34.9 Å². The molecule has 0 aliphatic rings. The summed E-state index contributed by atoms with van der Waals surface area (Å²) in [5.74, 6) is 0.0441. The van der Waals surface area contributed by atoms with E-state index >= 15 is 0 Å². The van der Waals surface area contributed by atoms with Crippen molar-refractivity contribution in [2.24, 2.45) is 0 Å². The van der Waals surface area contributed by atoms with Gasteiger partial charge in [0.1, 0.15) is 0 Å². The third-order valence-electron chi connectivity index (χ3n) is 2.33. The lowest BCUT2D eigenvalue weighted by Gasteiger charge is -2.07. The van der Waals surface area contributed by atoms with Gasteiger partial charge < -0.3 is 4.57 Å². The van der Waals surface area contributed by atoms with Crippen LogP contribution in [0.1, 0.15) is 23.0 Å². The van der Waals surface area contributed by atoms with E-state index in [1.807, 2.05) is 35.9 Å². The highest BCUT2D eigenvalue weighted by molar-refractivity contribution is 9.10. The maximum absolute atomic E-state index is 11.5. The summed E-state index contributed by atoms with van der Waals surface area (Å²) in [5.41, 5.74) is 2.47. The summed E-state index contributed by atoms with van der Waals surface area (Å²) >= 11 is 3.37. The number of aryl methyl sites for hydroxylation is 1. The number of carbonyl (C=O) groups is 1. The van der Waals surface area contributed by atoms with Gasteiger partial charge in [-0.15, -0.1) is 0 Å². The van der Waals surface area contributed by atoms with Crippen molar-refractivity contribution in [3.63, 3.8) is 0 Å². The Balaban J connectivity index is 2.60. The van der Waals surface area contributed by atoms with Crippen LogP contribution in [0, 0.1) is 6.92 Å². The fourth-order valence-corrected chi connectivity index (χ4v) is 1.93. The van der Waals surface area contributed by atoms with Gasteiger partial charge in [0.15, 0.2) is 5.78 Å². The SMILES string of the molecule is CC(=O)c1cc(Br)ccc1-n1cnc(C)c1. The summed E-state index contributed by atoms with van der Waals surface area (Å²) in [6.07, 6.45) is 3.61. The van der Waals surface area contributed by atoms with E-state index in [0.29, 0.717) is 5.56 Å². The summed E-state index contributed by atoms with van der Waals surface area (Å²) in [6.45, 7) is 3.48. The molecular formula is C12H11BrN2O. The molecule has 0 atom stereocenters. The molecule has 2 aromatic rings. The molecule has 0 radical (unpaired) electrons. The molecule has 0 aliphatic carbocycles. The zero-order chi connectivity index (χ0) is 11.7. The minimum Gasteiger partial charge on any atom is -0.305 e. The van der Waals surface area contributed by atoms with E-state index in [-0.39, 0.29) is 5.78 Å². The summed E-state index contributed by atoms with van der Waals surface area (Å²) in [6, 6.07) is 5.64. The normalized spacial score (nSPS) is 10.4. The van der Waals surface area contributed by atoms with Gasteiger partial charge in [-0.25, -0.2) is 4.98 Å². The Morgan fingerprint density at radius 1 is 1.44 bits per heavy atom. The minimum atomic E-state index is 0.0441. The number of aromatic nitrogens is 2. The van der Waals surface area contributed by atoms with Crippen LogP contribution >= 0.6 is 15.9 Å². The first-order chi connectivity index (χ1) is 7.58. The highest BCUT2D eigenvalue weighted by Crippen LogP contribution is 2.20. The molecular weight excluding hydrogens is 268 g/mol. The third-order valence-corrected chi connectivity index (χ3v) is 2.82. The van der Waals surface area contributed by atoms with Gasteiger partial charge >= 0.3 is 0 Å². The van der Waals surface area contributed by atoms with E-state index < -0.39 is 0 Å². The second-order valence-corrected chi connectivity index (χ2v) is 4.56.